The summed E-state index contributed by atoms with van der Waals surface area (Å²) >= 11 is 0. The molecule has 2 aliphatic rings. The zero-order valence-corrected chi connectivity index (χ0v) is 15.0. The maximum atomic E-state index is 12.1. The molecule has 2 amide bonds. The van der Waals surface area contributed by atoms with Crippen molar-refractivity contribution in [2.24, 2.45) is 5.92 Å². The molecule has 0 radical (unpaired) electrons. The lowest BCUT2D eigenvalue weighted by Gasteiger charge is -2.36. The van der Waals surface area contributed by atoms with Crippen molar-refractivity contribution in [2.45, 2.75) is 26.7 Å². The van der Waals surface area contributed by atoms with Crippen molar-refractivity contribution in [1.29, 1.82) is 0 Å². The fourth-order valence-corrected chi connectivity index (χ4v) is 3.42. The van der Waals surface area contributed by atoms with Gasteiger partial charge in [-0.2, -0.15) is 0 Å². The molecule has 132 valence electrons. The van der Waals surface area contributed by atoms with Crippen LogP contribution in [0.3, 0.4) is 0 Å². The lowest BCUT2D eigenvalue weighted by molar-refractivity contribution is 0.193. The van der Waals surface area contributed by atoms with E-state index in [0.717, 1.165) is 32.7 Å². The van der Waals surface area contributed by atoms with E-state index in [4.69, 9.17) is 0 Å². The van der Waals surface area contributed by atoms with Crippen LogP contribution >= 0.6 is 0 Å². The first-order valence-corrected chi connectivity index (χ1v) is 9.26. The second-order valence-electron chi connectivity index (χ2n) is 7.26. The number of hydrogen-bond acceptors (Lipinski definition) is 3. The van der Waals surface area contributed by atoms with Gasteiger partial charge in [0.15, 0.2) is 0 Å². The van der Waals surface area contributed by atoms with Crippen molar-refractivity contribution < 1.29 is 4.79 Å². The van der Waals surface area contributed by atoms with E-state index in [0.29, 0.717) is 5.92 Å². The molecule has 2 heterocycles. The second-order valence-corrected chi connectivity index (χ2v) is 7.26. The van der Waals surface area contributed by atoms with Crippen LogP contribution in [0.2, 0.25) is 0 Å². The van der Waals surface area contributed by atoms with E-state index < -0.39 is 0 Å². The quantitative estimate of drug-likeness (QED) is 0.923. The average molecular weight is 330 g/mol. The summed E-state index contributed by atoms with van der Waals surface area (Å²) in [6.07, 6.45) is 2.62. The van der Waals surface area contributed by atoms with Crippen LogP contribution in [0.25, 0.3) is 0 Å². The van der Waals surface area contributed by atoms with E-state index in [2.05, 4.69) is 53.2 Å². The van der Waals surface area contributed by atoms with E-state index in [-0.39, 0.29) is 6.03 Å². The number of rotatable bonds is 4. The van der Waals surface area contributed by atoms with Crippen LogP contribution in [0.4, 0.5) is 16.2 Å². The average Bonchev–Trinajstić information content (AvgIpc) is 3.14. The number of amides is 2. The molecule has 2 saturated heterocycles. The van der Waals surface area contributed by atoms with Gasteiger partial charge in [-0.3, -0.25) is 0 Å². The van der Waals surface area contributed by atoms with E-state index >= 15 is 0 Å². The number of carbonyl (C=O) groups is 1. The molecule has 0 aromatic heterocycles. The van der Waals surface area contributed by atoms with E-state index in [9.17, 15) is 4.79 Å². The first-order chi connectivity index (χ1) is 11.6. The highest BCUT2D eigenvalue weighted by Gasteiger charge is 2.21. The highest BCUT2D eigenvalue weighted by molar-refractivity contribution is 5.74. The third kappa shape index (κ3) is 4.13. The van der Waals surface area contributed by atoms with Crippen LogP contribution in [0.5, 0.6) is 0 Å². The van der Waals surface area contributed by atoms with Crippen LogP contribution in [-0.4, -0.2) is 56.7 Å². The van der Waals surface area contributed by atoms with Gasteiger partial charge >= 0.3 is 6.03 Å². The third-order valence-corrected chi connectivity index (χ3v) is 4.91. The molecule has 3 rings (SSSR count). The molecule has 1 aromatic rings. The molecule has 1 aromatic carbocycles. The highest BCUT2D eigenvalue weighted by Crippen LogP contribution is 2.24. The minimum atomic E-state index is 0.0766. The van der Waals surface area contributed by atoms with Crippen molar-refractivity contribution in [3.63, 3.8) is 0 Å². The molecule has 2 aliphatic heterocycles. The second kappa shape index (κ2) is 7.77. The molecular weight excluding hydrogens is 300 g/mol. The minimum Gasteiger partial charge on any atom is -0.372 e. The fourth-order valence-electron chi connectivity index (χ4n) is 3.42. The van der Waals surface area contributed by atoms with Crippen LogP contribution in [0, 0.1) is 5.92 Å². The van der Waals surface area contributed by atoms with Crippen molar-refractivity contribution in [1.82, 2.24) is 10.2 Å². The Kier molecular flexibility index (Phi) is 5.48. The summed E-state index contributed by atoms with van der Waals surface area (Å²) in [7, 11) is 0. The Morgan fingerprint density at radius 1 is 0.917 bits per heavy atom. The molecule has 24 heavy (non-hydrogen) atoms. The smallest absolute Gasteiger partial charge is 0.317 e. The summed E-state index contributed by atoms with van der Waals surface area (Å²) in [4.78, 5) is 18.9. The molecule has 5 heteroatoms. The van der Waals surface area contributed by atoms with Gasteiger partial charge in [-0.25, -0.2) is 4.79 Å². The zero-order valence-electron chi connectivity index (χ0n) is 15.0. The fraction of sp³-hybridized carbons (Fsp3) is 0.632. The van der Waals surface area contributed by atoms with Gasteiger partial charge in [-0.15, -0.1) is 0 Å². The number of anilines is 2. The molecule has 1 N–H and O–H groups in total. The summed E-state index contributed by atoms with van der Waals surface area (Å²) in [6, 6.07) is 9.00. The van der Waals surface area contributed by atoms with Gasteiger partial charge in [0, 0.05) is 57.2 Å². The molecule has 0 bridgehead atoms. The molecule has 0 atom stereocenters. The van der Waals surface area contributed by atoms with Gasteiger partial charge in [0.05, 0.1) is 0 Å². The Morgan fingerprint density at radius 3 is 1.92 bits per heavy atom. The first kappa shape index (κ1) is 16.9. The van der Waals surface area contributed by atoms with Gasteiger partial charge in [0.1, 0.15) is 0 Å². The van der Waals surface area contributed by atoms with Crippen molar-refractivity contribution in [3.05, 3.63) is 24.3 Å². The summed E-state index contributed by atoms with van der Waals surface area (Å²) < 4.78 is 0. The van der Waals surface area contributed by atoms with Crippen LogP contribution < -0.4 is 15.1 Å². The number of benzene rings is 1. The zero-order chi connectivity index (χ0) is 16.9. The van der Waals surface area contributed by atoms with Gasteiger partial charge in [0.25, 0.3) is 0 Å². The lowest BCUT2D eigenvalue weighted by Crippen LogP contribution is -2.52. The number of nitrogens with one attached hydrogen (secondary N) is 1. The predicted molar refractivity (Wildman–Crippen MR) is 99.9 cm³/mol. The summed E-state index contributed by atoms with van der Waals surface area (Å²) in [5.41, 5.74) is 2.60. The molecule has 2 fully saturated rings. The van der Waals surface area contributed by atoms with Gasteiger partial charge in [-0.1, -0.05) is 13.8 Å². The number of carbonyl (C=O) groups excluding carboxylic acids is 1. The Bertz CT molecular complexity index is 529. The lowest BCUT2D eigenvalue weighted by atomic mass is 10.2. The van der Waals surface area contributed by atoms with Gasteiger partial charge in [0.2, 0.25) is 0 Å². The Balaban J connectivity index is 1.50. The van der Waals surface area contributed by atoms with Crippen molar-refractivity contribution in [3.8, 4) is 0 Å². The normalized spacial score (nSPS) is 18.4. The highest BCUT2D eigenvalue weighted by atomic mass is 16.2. The molecule has 0 unspecified atom stereocenters. The Labute approximate surface area is 145 Å². The predicted octanol–water partition coefficient (Wildman–Crippen LogP) is 2.77. The van der Waals surface area contributed by atoms with Crippen molar-refractivity contribution >= 4 is 17.4 Å². The largest absolute Gasteiger partial charge is 0.372 e. The maximum absolute atomic E-state index is 12.1. The number of hydrogen-bond donors (Lipinski definition) is 1. The van der Waals surface area contributed by atoms with Crippen LogP contribution in [-0.2, 0) is 0 Å². The monoisotopic (exact) mass is 330 g/mol. The van der Waals surface area contributed by atoms with Crippen molar-refractivity contribution in [2.75, 3.05) is 55.6 Å². The molecule has 0 saturated carbocycles. The molecule has 0 aliphatic carbocycles. The Morgan fingerprint density at radius 2 is 1.42 bits per heavy atom. The van der Waals surface area contributed by atoms with E-state index in [1.54, 1.807) is 0 Å². The maximum Gasteiger partial charge on any atom is 0.317 e. The Hall–Kier alpha value is -1.91. The summed E-state index contributed by atoms with van der Waals surface area (Å²) in [6.45, 7) is 10.7. The SMILES string of the molecule is CC(C)CNC(=O)N1CCN(c2ccc(N3CCCC3)cc2)CC1. The third-order valence-electron chi connectivity index (χ3n) is 4.91. The summed E-state index contributed by atoms with van der Waals surface area (Å²) in [5, 5.41) is 3.01. The number of piperazine rings is 1. The topological polar surface area (TPSA) is 38.8 Å². The van der Waals surface area contributed by atoms with Gasteiger partial charge < -0.3 is 20.0 Å². The van der Waals surface area contributed by atoms with Crippen LogP contribution in [0.15, 0.2) is 24.3 Å². The molecule has 0 spiro atoms. The minimum absolute atomic E-state index is 0.0766. The van der Waals surface area contributed by atoms with E-state index in [1.165, 1.54) is 37.3 Å². The molecule has 5 nitrogen and oxygen atoms in total. The van der Waals surface area contributed by atoms with Crippen LogP contribution in [0.1, 0.15) is 26.7 Å². The summed E-state index contributed by atoms with van der Waals surface area (Å²) in [5.74, 6) is 0.490. The number of urea groups is 1. The van der Waals surface area contributed by atoms with Gasteiger partial charge in [-0.05, 0) is 43.0 Å². The number of nitrogens with zero attached hydrogens (tertiary/aromatic N) is 3. The molecular formula is C19H30N4O. The first-order valence-electron chi connectivity index (χ1n) is 9.26. The van der Waals surface area contributed by atoms with E-state index in [1.807, 2.05) is 4.90 Å². The standard InChI is InChI=1S/C19H30N4O/c1-16(2)15-20-19(24)23-13-11-22(12-14-23)18-7-5-17(6-8-18)21-9-3-4-10-21/h5-8,16H,3-4,9-15H2,1-2H3,(H,20,24).